The molecular formula is C18H23N5O. The molecule has 0 spiro atoms. The second-order valence-corrected chi connectivity index (χ2v) is 6.50. The zero-order valence-electron chi connectivity index (χ0n) is 13.8. The summed E-state index contributed by atoms with van der Waals surface area (Å²) in [4.78, 5) is 22.7. The summed E-state index contributed by atoms with van der Waals surface area (Å²) in [6.45, 7) is 2.44. The first-order valence-corrected chi connectivity index (χ1v) is 8.66. The number of anilines is 1. The van der Waals surface area contributed by atoms with Gasteiger partial charge in [0, 0.05) is 37.9 Å². The Morgan fingerprint density at radius 2 is 2.04 bits per heavy atom. The van der Waals surface area contributed by atoms with Crippen molar-refractivity contribution in [3.8, 4) is 6.07 Å². The lowest BCUT2D eigenvalue weighted by Crippen LogP contribution is -2.40. The van der Waals surface area contributed by atoms with E-state index in [4.69, 9.17) is 5.26 Å². The molecule has 24 heavy (non-hydrogen) atoms. The third-order valence-corrected chi connectivity index (χ3v) is 4.90. The molecule has 0 aromatic carbocycles. The minimum atomic E-state index is 0.146. The molecule has 2 heterocycles. The summed E-state index contributed by atoms with van der Waals surface area (Å²) in [7, 11) is 0. The molecule has 3 rings (SSSR count). The third kappa shape index (κ3) is 3.91. The number of nitrogens with zero attached hydrogens (tertiary/aromatic N) is 4. The number of hydrogen-bond acceptors (Lipinski definition) is 5. The first-order chi connectivity index (χ1) is 11.8. The molecular weight excluding hydrogens is 302 g/mol. The van der Waals surface area contributed by atoms with Gasteiger partial charge in [-0.05, 0) is 38.0 Å². The SMILES string of the molecule is N#Cc1nccnc1N1CCC(CNC(=O)[C@H]2CC=CCC2)CC1. The summed E-state index contributed by atoms with van der Waals surface area (Å²) in [5.41, 5.74) is 0.384. The Morgan fingerprint density at radius 1 is 1.25 bits per heavy atom. The molecule has 0 unspecified atom stereocenters. The lowest BCUT2D eigenvalue weighted by molar-refractivity contribution is -0.125. The molecule has 0 radical (unpaired) electrons. The van der Waals surface area contributed by atoms with E-state index in [0.717, 1.165) is 51.7 Å². The Labute approximate surface area is 142 Å². The Morgan fingerprint density at radius 3 is 2.75 bits per heavy atom. The number of carbonyl (C=O) groups excluding carboxylic acids is 1. The van der Waals surface area contributed by atoms with Gasteiger partial charge in [0.05, 0.1) is 0 Å². The number of rotatable bonds is 4. The second kappa shape index (κ2) is 7.91. The quantitative estimate of drug-likeness (QED) is 0.857. The van der Waals surface area contributed by atoms with E-state index in [0.29, 0.717) is 17.4 Å². The maximum absolute atomic E-state index is 12.2. The van der Waals surface area contributed by atoms with Crippen molar-refractivity contribution < 1.29 is 4.79 Å². The summed E-state index contributed by atoms with van der Waals surface area (Å²) >= 11 is 0. The van der Waals surface area contributed by atoms with E-state index in [9.17, 15) is 4.79 Å². The summed E-state index contributed by atoms with van der Waals surface area (Å²) in [5, 5.41) is 12.3. The Bertz CT molecular complexity index is 643. The fourth-order valence-corrected chi connectivity index (χ4v) is 3.41. The van der Waals surface area contributed by atoms with Gasteiger partial charge < -0.3 is 10.2 Å². The predicted molar refractivity (Wildman–Crippen MR) is 91.2 cm³/mol. The van der Waals surface area contributed by atoms with Gasteiger partial charge in [-0.15, -0.1) is 0 Å². The molecule has 0 saturated carbocycles. The molecule has 2 aliphatic rings. The van der Waals surface area contributed by atoms with Crippen LogP contribution in [0.25, 0.3) is 0 Å². The first-order valence-electron chi connectivity index (χ1n) is 8.66. The Hall–Kier alpha value is -2.42. The van der Waals surface area contributed by atoms with Crippen LogP contribution in [-0.2, 0) is 4.79 Å². The molecule has 1 aromatic rings. The smallest absolute Gasteiger partial charge is 0.223 e. The first kappa shape index (κ1) is 16.4. The van der Waals surface area contributed by atoms with E-state index in [1.165, 1.54) is 0 Å². The van der Waals surface area contributed by atoms with Gasteiger partial charge in [-0.1, -0.05) is 12.2 Å². The van der Waals surface area contributed by atoms with E-state index >= 15 is 0 Å². The van der Waals surface area contributed by atoms with Crippen molar-refractivity contribution in [1.29, 1.82) is 5.26 Å². The number of nitriles is 1. The molecule has 6 heteroatoms. The van der Waals surface area contributed by atoms with Gasteiger partial charge in [0.1, 0.15) is 6.07 Å². The molecule has 1 aliphatic heterocycles. The molecule has 1 atom stereocenters. The van der Waals surface area contributed by atoms with Crippen LogP contribution >= 0.6 is 0 Å². The number of allylic oxidation sites excluding steroid dienone is 2. The minimum Gasteiger partial charge on any atom is -0.356 e. The number of nitrogens with one attached hydrogen (secondary N) is 1. The topological polar surface area (TPSA) is 81.9 Å². The summed E-state index contributed by atoms with van der Waals surface area (Å²) in [6, 6.07) is 2.10. The van der Waals surface area contributed by atoms with Crippen molar-refractivity contribution in [3.63, 3.8) is 0 Å². The monoisotopic (exact) mass is 325 g/mol. The standard InChI is InChI=1S/C18H23N5O/c19-12-16-17(21-9-8-20-16)23-10-6-14(7-11-23)13-22-18(24)15-4-2-1-3-5-15/h1-2,8-9,14-15H,3-7,10-11,13H2,(H,22,24)/t15-/m0/s1. The highest BCUT2D eigenvalue weighted by Crippen LogP contribution is 2.23. The predicted octanol–water partition coefficient (Wildman–Crippen LogP) is 2.04. The molecule has 6 nitrogen and oxygen atoms in total. The number of piperidine rings is 1. The van der Waals surface area contributed by atoms with Crippen LogP contribution in [0.3, 0.4) is 0 Å². The van der Waals surface area contributed by atoms with Gasteiger partial charge in [-0.25, -0.2) is 9.97 Å². The lowest BCUT2D eigenvalue weighted by atomic mass is 9.92. The van der Waals surface area contributed by atoms with Crippen molar-refractivity contribution in [3.05, 3.63) is 30.2 Å². The van der Waals surface area contributed by atoms with E-state index < -0.39 is 0 Å². The van der Waals surface area contributed by atoms with Crippen LogP contribution < -0.4 is 10.2 Å². The zero-order valence-corrected chi connectivity index (χ0v) is 13.8. The van der Waals surface area contributed by atoms with E-state index in [-0.39, 0.29) is 11.8 Å². The number of aromatic nitrogens is 2. The highest BCUT2D eigenvalue weighted by Gasteiger charge is 2.24. The minimum absolute atomic E-state index is 0.146. The van der Waals surface area contributed by atoms with E-state index in [1.807, 2.05) is 0 Å². The fourth-order valence-electron chi connectivity index (χ4n) is 3.41. The molecule has 1 aromatic heterocycles. The molecule has 1 saturated heterocycles. The van der Waals surface area contributed by atoms with Crippen molar-refractivity contribution in [2.75, 3.05) is 24.5 Å². The van der Waals surface area contributed by atoms with Crippen molar-refractivity contribution in [1.82, 2.24) is 15.3 Å². The fraction of sp³-hybridized carbons (Fsp3) is 0.556. The summed E-state index contributed by atoms with van der Waals surface area (Å²) in [5.74, 6) is 1.51. The average molecular weight is 325 g/mol. The zero-order chi connectivity index (χ0) is 16.8. The maximum Gasteiger partial charge on any atom is 0.223 e. The van der Waals surface area contributed by atoms with Gasteiger partial charge in [0.15, 0.2) is 11.5 Å². The molecule has 126 valence electrons. The number of amides is 1. The lowest BCUT2D eigenvalue weighted by Gasteiger charge is -2.33. The highest BCUT2D eigenvalue weighted by molar-refractivity contribution is 5.78. The van der Waals surface area contributed by atoms with Crippen molar-refractivity contribution >= 4 is 11.7 Å². The van der Waals surface area contributed by atoms with Crippen LogP contribution in [0.5, 0.6) is 0 Å². The number of hydrogen-bond donors (Lipinski definition) is 1. The summed E-state index contributed by atoms with van der Waals surface area (Å²) in [6.07, 6.45) is 12.3. The summed E-state index contributed by atoms with van der Waals surface area (Å²) < 4.78 is 0. The van der Waals surface area contributed by atoms with Crippen LogP contribution in [0.4, 0.5) is 5.82 Å². The maximum atomic E-state index is 12.2. The van der Waals surface area contributed by atoms with Crippen LogP contribution in [-0.4, -0.2) is 35.5 Å². The molecule has 1 fully saturated rings. The van der Waals surface area contributed by atoms with Crippen LogP contribution in [0.15, 0.2) is 24.5 Å². The van der Waals surface area contributed by atoms with Gasteiger partial charge in [0.2, 0.25) is 5.91 Å². The largest absolute Gasteiger partial charge is 0.356 e. The second-order valence-electron chi connectivity index (χ2n) is 6.50. The Kier molecular flexibility index (Phi) is 5.42. The molecule has 1 amide bonds. The van der Waals surface area contributed by atoms with Gasteiger partial charge >= 0.3 is 0 Å². The average Bonchev–Trinajstić information content (AvgIpc) is 2.67. The van der Waals surface area contributed by atoms with Crippen LogP contribution in [0, 0.1) is 23.2 Å². The van der Waals surface area contributed by atoms with Gasteiger partial charge in [0.25, 0.3) is 0 Å². The molecule has 1 aliphatic carbocycles. The van der Waals surface area contributed by atoms with Gasteiger partial charge in [-0.3, -0.25) is 4.79 Å². The molecule has 1 N–H and O–H groups in total. The van der Waals surface area contributed by atoms with Crippen molar-refractivity contribution in [2.45, 2.75) is 32.1 Å². The van der Waals surface area contributed by atoms with E-state index in [2.05, 4.69) is 38.4 Å². The van der Waals surface area contributed by atoms with Crippen LogP contribution in [0.1, 0.15) is 37.8 Å². The third-order valence-electron chi connectivity index (χ3n) is 4.90. The number of carbonyl (C=O) groups is 1. The van der Waals surface area contributed by atoms with Crippen LogP contribution in [0.2, 0.25) is 0 Å². The highest BCUT2D eigenvalue weighted by atomic mass is 16.1. The van der Waals surface area contributed by atoms with E-state index in [1.54, 1.807) is 12.4 Å². The van der Waals surface area contributed by atoms with Gasteiger partial charge in [-0.2, -0.15) is 5.26 Å². The Balaban J connectivity index is 1.46. The van der Waals surface area contributed by atoms with Crippen molar-refractivity contribution in [2.24, 2.45) is 11.8 Å². The normalized spacial score (nSPS) is 21.3. The molecule has 0 bridgehead atoms.